The minimum absolute atomic E-state index is 0.283. The van der Waals surface area contributed by atoms with Gasteiger partial charge in [-0.3, -0.25) is 0 Å². The second kappa shape index (κ2) is 6.39. The highest BCUT2D eigenvalue weighted by Crippen LogP contribution is 2.25. The summed E-state index contributed by atoms with van der Waals surface area (Å²) in [6.07, 6.45) is 6.36. The standard InChI is InChI=1S/C17H23N3O/c1-12-5-4-6-13(9-12)10-16-19-17(21-20-16)11-14-7-2-3-8-15(14)18/h4-6,9,14-15H,2-3,7-8,10-11,18H2,1H3. The van der Waals surface area contributed by atoms with Crippen LogP contribution in [0.4, 0.5) is 0 Å². The Balaban J connectivity index is 1.63. The van der Waals surface area contributed by atoms with E-state index in [4.69, 9.17) is 10.3 Å². The van der Waals surface area contributed by atoms with Crippen LogP contribution in [0.15, 0.2) is 28.8 Å². The van der Waals surface area contributed by atoms with E-state index >= 15 is 0 Å². The summed E-state index contributed by atoms with van der Waals surface area (Å²) in [6.45, 7) is 2.09. The Labute approximate surface area is 125 Å². The van der Waals surface area contributed by atoms with Crippen molar-refractivity contribution in [3.05, 3.63) is 47.1 Å². The number of benzene rings is 1. The van der Waals surface area contributed by atoms with Gasteiger partial charge in [0.2, 0.25) is 5.89 Å². The van der Waals surface area contributed by atoms with Crippen molar-refractivity contribution in [2.45, 2.75) is 51.5 Å². The van der Waals surface area contributed by atoms with Crippen LogP contribution >= 0.6 is 0 Å². The smallest absolute Gasteiger partial charge is 0.226 e. The molecule has 2 N–H and O–H groups in total. The van der Waals surface area contributed by atoms with Crippen LogP contribution in [0.3, 0.4) is 0 Å². The molecule has 3 rings (SSSR count). The normalized spacial score (nSPS) is 22.4. The Kier molecular flexibility index (Phi) is 4.34. The van der Waals surface area contributed by atoms with Crippen LogP contribution in [0.5, 0.6) is 0 Å². The highest BCUT2D eigenvalue weighted by atomic mass is 16.5. The van der Waals surface area contributed by atoms with Crippen LogP contribution in [0.1, 0.15) is 48.5 Å². The summed E-state index contributed by atoms with van der Waals surface area (Å²) in [4.78, 5) is 4.53. The number of rotatable bonds is 4. The number of hydrogen-bond acceptors (Lipinski definition) is 4. The monoisotopic (exact) mass is 285 g/mol. The Morgan fingerprint density at radius 2 is 2.14 bits per heavy atom. The van der Waals surface area contributed by atoms with Gasteiger partial charge in [0.15, 0.2) is 5.82 Å². The average molecular weight is 285 g/mol. The molecule has 1 aromatic carbocycles. The first-order chi connectivity index (χ1) is 10.2. The Morgan fingerprint density at radius 1 is 1.29 bits per heavy atom. The third kappa shape index (κ3) is 3.70. The lowest BCUT2D eigenvalue weighted by atomic mass is 9.83. The largest absolute Gasteiger partial charge is 0.339 e. The maximum absolute atomic E-state index is 6.18. The molecule has 4 nitrogen and oxygen atoms in total. The van der Waals surface area contributed by atoms with Gasteiger partial charge in [-0.15, -0.1) is 0 Å². The molecule has 1 fully saturated rings. The van der Waals surface area contributed by atoms with Gasteiger partial charge in [0, 0.05) is 18.9 Å². The zero-order valence-electron chi connectivity index (χ0n) is 12.6. The van der Waals surface area contributed by atoms with Gasteiger partial charge in [-0.2, -0.15) is 4.98 Å². The van der Waals surface area contributed by atoms with E-state index in [1.54, 1.807) is 0 Å². The molecule has 0 amide bonds. The summed E-state index contributed by atoms with van der Waals surface area (Å²) < 4.78 is 5.40. The van der Waals surface area contributed by atoms with Crippen molar-refractivity contribution in [3.8, 4) is 0 Å². The van der Waals surface area contributed by atoms with E-state index in [1.807, 2.05) is 0 Å². The Bertz CT molecular complexity index is 593. The van der Waals surface area contributed by atoms with E-state index in [0.717, 1.165) is 31.0 Å². The van der Waals surface area contributed by atoms with Gasteiger partial charge in [0.25, 0.3) is 0 Å². The minimum atomic E-state index is 0.283. The molecule has 2 atom stereocenters. The van der Waals surface area contributed by atoms with Crippen molar-refractivity contribution in [1.29, 1.82) is 0 Å². The molecule has 1 heterocycles. The number of nitrogens with two attached hydrogens (primary N) is 1. The summed E-state index contributed by atoms with van der Waals surface area (Å²) in [5.74, 6) is 1.99. The molecule has 1 aliphatic rings. The lowest BCUT2D eigenvalue weighted by Gasteiger charge is -2.27. The fourth-order valence-electron chi connectivity index (χ4n) is 3.16. The van der Waals surface area contributed by atoms with Crippen LogP contribution in [-0.4, -0.2) is 16.2 Å². The fraction of sp³-hybridized carbons (Fsp3) is 0.529. The highest BCUT2D eigenvalue weighted by molar-refractivity contribution is 5.24. The Hall–Kier alpha value is -1.68. The van der Waals surface area contributed by atoms with E-state index in [-0.39, 0.29) is 6.04 Å². The van der Waals surface area contributed by atoms with Crippen molar-refractivity contribution in [3.63, 3.8) is 0 Å². The summed E-state index contributed by atoms with van der Waals surface area (Å²) in [5.41, 5.74) is 8.66. The molecule has 2 aromatic rings. The lowest BCUT2D eigenvalue weighted by molar-refractivity contribution is 0.273. The molecule has 2 unspecified atom stereocenters. The first-order valence-corrected chi connectivity index (χ1v) is 7.83. The van der Waals surface area contributed by atoms with Crippen molar-refractivity contribution in [2.24, 2.45) is 11.7 Å². The molecule has 0 radical (unpaired) electrons. The average Bonchev–Trinajstić information content (AvgIpc) is 2.89. The van der Waals surface area contributed by atoms with E-state index in [2.05, 4.69) is 41.3 Å². The Morgan fingerprint density at radius 3 is 2.95 bits per heavy atom. The lowest BCUT2D eigenvalue weighted by Crippen LogP contribution is -2.34. The molecule has 1 aliphatic carbocycles. The topological polar surface area (TPSA) is 64.9 Å². The zero-order chi connectivity index (χ0) is 14.7. The van der Waals surface area contributed by atoms with Gasteiger partial charge in [-0.1, -0.05) is 47.8 Å². The summed E-state index contributed by atoms with van der Waals surface area (Å²) in [6, 6.07) is 8.70. The van der Waals surface area contributed by atoms with Gasteiger partial charge in [-0.25, -0.2) is 0 Å². The number of hydrogen-bond donors (Lipinski definition) is 1. The van der Waals surface area contributed by atoms with Crippen molar-refractivity contribution in [2.75, 3.05) is 0 Å². The quantitative estimate of drug-likeness (QED) is 0.937. The van der Waals surface area contributed by atoms with Crippen molar-refractivity contribution in [1.82, 2.24) is 10.1 Å². The third-order valence-electron chi connectivity index (χ3n) is 4.36. The molecular formula is C17H23N3O. The molecule has 0 spiro atoms. The zero-order valence-corrected chi connectivity index (χ0v) is 12.6. The van der Waals surface area contributed by atoms with E-state index in [1.165, 1.54) is 30.4 Å². The third-order valence-corrected chi connectivity index (χ3v) is 4.36. The second-order valence-corrected chi connectivity index (χ2v) is 6.18. The minimum Gasteiger partial charge on any atom is -0.339 e. The van der Waals surface area contributed by atoms with Gasteiger partial charge in [-0.05, 0) is 31.2 Å². The molecule has 1 aromatic heterocycles. The first kappa shape index (κ1) is 14.3. The van der Waals surface area contributed by atoms with Gasteiger partial charge >= 0.3 is 0 Å². The number of nitrogens with zero attached hydrogens (tertiary/aromatic N) is 2. The van der Waals surface area contributed by atoms with Crippen LogP contribution in [0.2, 0.25) is 0 Å². The van der Waals surface area contributed by atoms with Gasteiger partial charge in [0.1, 0.15) is 0 Å². The van der Waals surface area contributed by atoms with Crippen LogP contribution in [-0.2, 0) is 12.8 Å². The van der Waals surface area contributed by atoms with E-state index in [0.29, 0.717) is 5.92 Å². The van der Waals surface area contributed by atoms with E-state index < -0.39 is 0 Å². The number of aryl methyl sites for hydroxylation is 1. The SMILES string of the molecule is Cc1cccc(Cc2noc(CC3CCCCC3N)n2)c1. The number of aromatic nitrogens is 2. The molecule has 0 aliphatic heterocycles. The summed E-state index contributed by atoms with van der Waals surface area (Å²) >= 11 is 0. The molecular weight excluding hydrogens is 262 g/mol. The predicted octanol–water partition coefficient (Wildman–Crippen LogP) is 3.03. The molecule has 112 valence electrons. The van der Waals surface area contributed by atoms with Crippen LogP contribution in [0.25, 0.3) is 0 Å². The van der Waals surface area contributed by atoms with Crippen LogP contribution < -0.4 is 5.73 Å². The van der Waals surface area contributed by atoms with Crippen molar-refractivity contribution < 1.29 is 4.52 Å². The molecule has 1 saturated carbocycles. The van der Waals surface area contributed by atoms with Crippen molar-refractivity contribution >= 4 is 0 Å². The summed E-state index contributed by atoms with van der Waals surface area (Å²) in [7, 11) is 0. The molecule has 0 bridgehead atoms. The molecule has 0 saturated heterocycles. The maximum atomic E-state index is 6.18. The van der Waals surface area contributed by atoms with Crippen LogP contribution in [0, 0.1) is 12.8 Å². The van der Waals surface area contributed by atoms with E-state index in [9.17, 15) is 0 Å². The maximum Gasteiger partial charge on any atom is 0.226 e. The fourth-order valence-corrected chi connectivity index (χ4v) is 3.16. The summed E-state index contributed by atoms with van der Waals surface area (Å²) in [5, 5.41) is 4.10. The predicted molar refractivity (Wildman–Crippen MR) is 81.9 cm³/mol. The second-order valence-electron chi connectivity index (χ2n) is 6.18. The van der Waals surface area contributed by atoms with Gasteiger partial charge < -0.3 is 10.3 Å². The molecule has 4 heteroatoms. The van der Waals surface area contributed by atoms with Gasteiger partial charge in [0.05, 0.1) is 0 Å². The highest BCUT2D eigenvalue weighted by Gasteiger charge is 2.24. The molecule has 21 heavy (non-hydrogen) atoms. The first-order valence-electron chi connectivity index (χ1n) is 7.83.